The Labute approximate surface area is 213 Å². The Morgan fingerprint density at radius 1 is 1.17 bits per heavy atom. The Balaban J connectivity index is 1.51. The lowest BCUT2D eigenvalue weighted by Crippen LogP contribution is -2.44. The number of hydrogen-bond acceptors (Lipinski definition) is 6. The molecule has 0 aliphatic heterocycles. The number of anilines is 2. The van der Waals surface area contributed by atoms with Crippen molar-refractivity contribution in [2.75, 3.05) is 30.9 Å². The molecular formula is C27H38N6O3. The number of imidazole rings is 1. The molecule has 0 fully saturated rings. The first-order valence-electron chi connectivity index (χ1n) is 12.4. The largest absolute Gasteiger partial charge is 0.493 e. The van der Waals surface area contributed by atoms with Gasteiger partial charge in [0.05, 0.1) is 20.0 Å². The number of nitrogens with zero attached hydrogens (tertiary/aromatic N) is 4. The molecular weight excluding hydrogens is 456 g/mol. The van der Waals surface area contributed by atoms with E-state index in [1.54, 1.807) is 18.2 Å². The van der Waals surface area contributed by atoms with Crippen molar-refractivity contribution in [1.82, 2.24) is 19.9 Å². The Hall–Kier alpha value is -3.75. The number of nitrogen functional groups attached to an aromatic ring is 1. The van der Waals surface area contributed by atoms with Crippen molar-refractivity contribution in [2.45, 2.75) is 59.0 Å². The Kier molecular flexibility index (Phi) is 9.97. The van der Waals surface area contributed by atoms with E-state index in [0.717, 1.165) is 43.6 Å². The van der Waals surface area contributed by atoms with Gasteiger partial charge in [0.2, 0.25) is 0 Å². The van der Waals surface area contributed by atoms with Crippen LogP contribution in [-0.2, 0) is 13.0 Å². The zero-order valence-corrected chi connectivity index (χ0v) is 21.7. The second kappa shape index (κ2) is 13.4. The van der Waals surface area contributed by atoms with Crippen LogP contribution in [0, 0.1) is 6.92 Å². The molecule has 0 bridgehead atoms. The molecule has 0 atom stereocenters. The van der Waals surface area contributed by atoms with Crippen LogP contribution in [0.5, 0.6) is 11.5 Å². The second-order valence-corrected chi connectivity index (χ2v) is 9.01. The van der Waals surface area contributed by atoms with E-state index in [4.69, 9.17) is 15.2 Å². The number of aryl methyl sites for hydroxylation is 3. The number of methoxy groups -OCH3 is 1. The maximum Gasteiger partial charge on any atom is 0.322 e. The van der Waals surface area contributed by atoms with Crippen LogP contribution in [0.2, 0.25) is 0 Å². The quantitative estimate of drug-likeness (QED) is 0.337. The summed E-state index contributed by atoms with van der Waals surface area (Å²) in [6.07, 6.45) is 8.99. The van der Waals surface area contributed by atoms with Crippen molar-refractivity contribution in [3.05, 3.63) is 60.3 Å². The predicted molar refractivity (Wildman–Crippen MR) is 143 cm³/mol. The fraction of sp³-hybridized carbons (Fsp3) is 0.444. The first-order chi connectivity index (χ1) is 17.4. The van der Waals surface area contributed by atoms with E-state index in [-0.39, 0.29) is 12.1 Å². The van der Waals surface area contributed by atoms with Gasteiger partial charge < -0.3 is 25.1 Å². The molecule has 1 aromatic carbocycles. The van der Waals surface area contributed by atoms with Gasteiger partial charge in [-0.15, -0.1) is 0 Å². The molecule has 36 heavy (non-hydrogen) atoms. The van der Waals surface area contributed by atoms with Gasteiger partial charge in [0.25, 0.3) is 0 Å². The topological polar surface area (TPSA) is 108 Å². The van der Waals surface area contributed by atoms with Gasteiger partial charge >= 0.3 is 6.03 Å². The van der Waals surface area contributed by atoms with Crippen molar-refractivity contribution in [3.8, 4) is 11.5 Å². The number of rotatable bonds is 13. The number of nitrogens with two attached hydrogens (primary N) is 1. The van der Waals surface area contributed by atoms with Crippen LogP contribution in [0.4, 0.5) is 16.3 Å². The van der Waals surface area contributed by atoms with Crippen LogP contribution in [0.1, 0.15) is 44.4 Å². The number of urea groups is 1. The molecule has 0 aliphatic carbocycles. The molecule has 194 valence electrons. The lowest BCUT2D eigenvalue weighted by Gasteiger charge is -2.28. The highest BCUT2D eigenvalue weighted by Crippen LogP contribution is 2.33. The lowest BCUT2D eigenvalue weighted by atomic mass is 10.1. The van der Waals surface area contributed by atoms with Crippen LogP contribution in [-0.4, -0.2) is 46.9 Å². The molecule has 0 saturated carbocycles. The number of carbonyl (C=O) groups is 1. The van der Waals surface area contributed by atoms with Gasteiger partial charge in [-0.2, -0.15) is 0 Å². The number of aromatic nitrogens is 3. The van der Waals surface area contributed by atoms with Crippen LogP contribution < -0.4 is 25.4 Å². The van der Waals surface area contributed by atoms with E-state index in [0.29, 0.717) is 30.5 Å². The number of carbonyl (C=O) groups excluding carboxylic acids is 1. The first-order valence-corrected chi connectivity index (χ1v) is 12.4. The number of ether oxygens (including phenoxy) is 2. The fourth-order valence-electron chi connectivity index (χ4n) is 3.99. The SMILES string of the molecule is COc1cc(N(C(=O)NCCCn2cncc2C)C(C)C)ccc1OCCCCc1ccnc(N)c1. The van der Waals surface area contributed by atoms with E-state index >= 15 is 0 Å². The second-order valence-electron chi connectivity index (χ2n) is 9.01. The maximum atomic E-state index is 13.0. The van der Waals surface area contributed by atoms with Crippen LogP contribution in [0.15, 0.2) is 49.1 Å². The number of pyridine rings is 1. The molecule has 9 nitrogen and oxygen atoms in total. The number of nitrogens with one attached hydrogen (secondary N) is 1. The summed E-state index contributed by atoms with van der Waals surface area (Å²) in [5.74, 6) is 1.81. The Morgan fingerprint density at radius 3 is 2.69 bits per heavy atom. The van der Waals surface area contributed by atoms with Gasteiger partial charge in [-0.3, -0.25) is 4.90 Å². The average Bonchev–Trinajstić information content (AvgIpc) is 3.26. The maximum absolute atomic E-state index is 13.0. The minimum Gasteiger partial charge on any atom is -0.493 e. The summed E-state index contributed by atoms with van der Waals surface area (Å²) in [4.78, 5) is 22.9. The van der Waals surface area contributed by atoms with Crippen molar-refractivity contribution in [2.24, 2.45) is 0 Å². The van der Waals surface area contributed by atoms with Gasteiger partial charge in [-0.1, -0.05) is 0 Å². The van der Waals surface area contributed by atoms with Gasteiger partial charge in [0, 0.05) is 49.0 Å². The molecule has 0 unspecified atom stereocenters. The summed E-state index contributed by atoms with van der Waals surface area (Å²) < 4.78 is 13.6. The molecule has 3 N–H and O–H groups in total. The molecule has 0 radical (unpaired) electrons. The summed E-state index contributed by atoms with van der Waals surface area (Å²) in [5, 5.41) is 3.03. The van der Waals surface area contributed by atoms with Gasteiger partial charge in [-0.25, -0.2) is 14.8 Å². The van der Waals surface area contributed by atoms with Gasteiger partial charge in [0.15, 0.2) is 11.5 Å². The lowest BCUT2D eigenvalue weighted by molar-refractivity contribution is 0.244. The highest BCUT2D eigenvalue weighted by molar-refractivity contribution is 5.92. The van der Waals surface area contributed by atoms with Crippen LogP contribution >= 0.6 is 0 Å². The first kappa shape index (κ1) is 26.8. The number of benzene rings is 1. The zero-order chi connectivity index (χ0) is 25.9. The molecule has 0 aliphatic rings. The zero-order valence-electron chi connectivity index (χ0n) is 21.7. The van der Waals surface area contributed by atoms with E-state index in [1.807, 2.05) is 63.6 Å². The van der Waals surface area contributed by atoms with E-state index in [2.05, 4.69) is 19.9 Å². The van der Waals surface area contributed by atoms with Crippen LogP contribution in [0.3, 0.4) is 0 Å². The molecule has 3 aromatic rings. The molecule has 2 amide bonds. The third-order valence-corrected chi connectivity index (χ3v) is 5.90. The van der Waals surface area contributed by atoms with Crippen molar-refractivity contribution in [3.63, 3.8) is 0 Å². The number of amides is 2. The van der Waals surface area contributed by atoms with E-state index < -0.39 is 0 Å². The minimum absolute atomic E-state index is 0.0282. The molecule has 2 aromatic heterocycles. The molecule has 2 heterocycles. The highest BCUT2D eigenvalue weighted by atomic mass is 16.5. The van der Waals surface area contributed by atoms with E-state index in [1.165, 1.54) is 5.56 Å². The smallest absolute Gasteiger partial charge is 0.322 e. The number of unbranched alkanes of at least 4 members (excludes halogenated alkanes) is 1. The normalized spacial score (nSPS) is 10.9. The standard InChI is InChI=1S/C27H38N6O3/c1-20(2)33(27(34)31-12-7-14-32-19-29-18-21(32)3)23-9-10-24(25(17-23)35-4)36-15-6-5-8-22-11-13-30-26(28)16-22/h9-11,13,16-20H,5-8,12,14-15H2,1-4H3,(H2,28,30)(H,31,34). The Bertz CT molecular complexity index is 1110. The molecule has 9 heteroatoms. The summed E-state index contributed by atoms with van der Waals surface area (Å²) >= 11 is 0. The summed E-state index contributed by atoms with van der Waals surface area (Å²) in [6.45, 7) is 7.95. The van der Waals surface area contributed by atoms with Gasteiger partial charge in [-0.05, 0) is 76.3 Å². The minimum atomic E-state index is -0.139. The summed E-state index contributed by atoms with van der Waals surface area (Å²) in [6, 6.07) is 9.33. The van der Waals surface area contributed by atoms with E-state index in [9.17, 15) is 4.79 Å². The number of hydrogen-bond donors (Lipinski definition) is 2. The van der Waals surface area contributed by atoms with Crippen molar-refractivity contribution >= 4 is 17.5 Å². The van der Waals surface area contributed by atoms with Gasteiger partial charge in [0.1, 0.15) is 5.82 Å². The monoisotopic (exact) mass is 494 g/mol. The van der Waals surface area contributed by atoms with Crippen LogP contribution in [0.25, 0.3) is 0 Å². The summed E-state index contributed by atoms with van der Waals surface area (Å²) in [7, 11) is 1.61. The third kappa shape index (κ3) is 7.63. The molecule has 0 saturated heterocycles. The molecule has 3 rings (SSSR count). The van der Waals surface area contributed by atoms with Crippen molar-refractivity contribution in [1.29, 1.82) is 0 Å². The summed E-state index contributed by atoms with van der Waals surface area (Å²) in [5.41, 5.74) is 8.78. The average molecular weight is 495 g/mol. The highest BCUT2D eigenvalue weighted by Gasteiger charge is 2.20. The fourth-order valence-corrected chi connectivity index (χ4v) is 3.99. The Morgan fingerprint density at radius 2 is 2.00 bits per heavy atom. The molecule has 0 spiro atoms. The predicted octanol–water partition coefficient (Wildman–Crippen LogP) is 4.59. The van der Waals surface area contributed by atoms with Crippen molar-refractivity contribution < 1.29 is 14.3 Å². The third-order valence-electron chi connectivity index (χ3n) is 5.90.